The van der Waals surface area contributed by atoms with Crippen LogP contribution in [0.5, 0.6) is 0 Å². The van der Waals surface area contributed by atoms with Crippen molar-refractivity contribution < 1.29 is 8.78 Å². The molecule has 1 heterocycles. The molecule has 96 valence electrons. The molecule has 0 saturated heterocycles. The normalized spacial score (nSPS) is 10.7. The van der Waals surface area contributed by atoms with E-state index in [2.05, 4.69) is 10.4 Å². The van der Waals surface area contributed by atoms with Gasteiger partial charge in [-0.2, -0.15) is 5.10 Å². The molecule has 1 N–H and O–H groups in total. The van der Waals surface area contributed by atoms with Crippen LogP contribution in [0, 0.1) is 25.5 Å². The van der Waals surface area contributed by atoms with Crippen LogP contribution in [0.25, 0.3) is 0 Å². The van der Waals surface area contributed by atoms with E-state index in [-0.39, 0.29) is 5.69 Å². The van der Waals surface area contributed by atoms with Gasteiger partial charge < -0.3 is 5.32 Å². The molecule has 0 spiro atoms. The van der Waals surface area contributed by atoms with Gasteiger partial charge in [0.25, 0.3) is 0 Å². The maximum Gasteiger partial charge on any atom is 0.181 e. The number of aromatic nitrogens is 2. The number of nitrogens with one attached hydrogen (secondary N) is 1. The number of hydrogen-bond donors (Lipinski definition) is 1. The van der Waals surface area contributed by atoms with Crippen LogP contribution in [0.1, 0.15) is 17.0 Å². The van der Waals surface area contributed by atoms with Crippen molar-refractivity contribution in [3.63, 3.8) is 0 Å². The predicted octanol–water partition coefficient (Wildman–Crippen LogP) is 2.93. The van der Waals surface area contributed by atoms with Crippen molar-refractivity contribution in [3.05, 3.63) is 46.8 Å². The summed E-state index contributed by atoms with van der Waals surface area (Å²) in [5.74, 6) is -1.70. The minimum atomic E-state index is -0.850. The summed E-state index contributed by atoms with van der Waals surface area (Å²) < 4.78 is 28.3. The van der Waals surface area contributed by atoms with Crippen molar-refractivity contribution in [2.75, 3.05) is 5.32 Å². The Morgan fingerprint density at radius 2 is 2.00 bits per heavy atom. The Bertz CT molecular complexity index is 576. The predicted molar refractivity (Wildman–Crippen MR) is 66.4 cm³/mol. The van der Waals surface area contributed by atoms with Gasteiger partial charge in [0.15, 0.2) is 11.6 Å². The van der Waals surface area contributed by atoms with Gasteiger partial charge in [-0.25, -0.2) is 8.78 Å². The minimum absolute atomic E-state index is 0.164. The van der Waals surface area contributed by atoms with Crippen molar-refractivity contribution in [1.29, 1.82) is 0 Å². The molecule has 5 heteroatoms. The Kier molecular flexibility index (Phi) is 3.32. The highest BCUT2D eigenvalue weighted by atomic mass is 19.2. The molecule has 1 aromatic heterocycles. The Morgan fingerprint density at radius 1 is 1.28 bits per heavy atom. The maximum atomic E-state index is 13.5. The number of halogens is 2. The van der Waals surface area contributed by atoms with Crippen LogP contribution < -0.4 is 5.32 Å². The first-order chi connectivity index (χ1) is 8.50. The number of benzene rings is 1. The summed E-state index contributed by atoms with van der Waals surface area (Å²) in [7, 11) is 1.86. The molecule has 0 amide bonds. The fourth-order valence-corrected chi connectivity index (χ4v) is 1.90. The highest BCUT2D eigenvalue weighted by Crippen LogP contribution is 2.19. The molecule has 0 radical (unpaired) electrons. The second-order valence-electron chi connectivity index (χ2n) is 4.23. The van der Waals surface area contributed by atoms with Crippen molar-refractivity contribution in [2.45, 2.75) is 20.4 Å². The lowest BCUT2D eigenvalue weighted by Gasteiger charge is -2.08. The first-order valence-corrected chi connectivity index (χ1v) is 5.67. The van der Waals surface area contributed by atoms with E-state index in [4.69, 9.17) is 0 Å². The fraction of sp³-hybridized carbons (Fsp3) is 0.308. The zero-order valence-electron chi connectivity index (χ0n) is 10.6. The molecule has 0 saturated carbocycles. The third-order valence-corrected chi connectivity index (χ3v) is 3.07. The van der Waals surface area contributed by atoms with E-state index in [9.17, 15) is 8.78 Å². The van der Waals surface area contributed by atoms with Gasteiger partial charge in [0.2, 0.25) is 0 Å². The highest BCUT2D eigenvalue weighted by Gasteiger charge is 2.11. The molecular formula is C13H15F2N3. The van der Waals surface area contributed by atoms with Crippen molar-refractivity contribution in [2.24, 2.45) is 7.05 Å². The third-order valence-electron chi connectivity index (χ3n) is 3.07. The van der Waals surface area contributed by atoms with Gasteiger partial charge in [-0.15, -0.1) is 0 Å². The number of hydrogen-bond acceptors (Lipinski definition) is 2. The molecule has 1 aromatic carbocycles. The van der Waals surface area contributed by atoms with Gasteiger partial charge in [0.05, 0.1) is 11.4 Å². The molecule has 2 aromatic rings. The summed E-state index contributed by atoms with van der Waals surface area (Å²) in [6, 6.07) is 4.09. The Balaban J connectivity index is 2.19. The average molecular weight is 251 g/mol. The smallest absolute Gasteiger partial charge is 0.181 e. The van der Waals surface area contributed by atoms with E-state index in [1.54, 1.807) is 4.68 Å². The maximum absolute atomic E-state index is 13.5. The van der Waals surface area contributed by atoms with Gasteiger partial charge in [0, 0.05) is 24.8 Å². The summed E-state index contributed by atoms with van der Waals surface area (Å²) in [5.41, 5.74) is 3.06. The van der Waals surface area contributed by atoms with Crippen LogP contribution in [0.15, 0.2) is 18.2 Å². The van der Waals surface area contributed by atoms with Gasteiger partial charge in [-0.1, -0.05) is 6.07 Å². The van der Waals surface area contributed by atoms with Crippen LogP contribution in [-0.4, -0.2) is 9.78 Å². The van der Waals surface area contributed by atoms with Gasteiger partial charge >= 0.3 is 0 Å². The average Bonchev–Trinajstić information content (AvgIpc) is 2.56. The van der Waals surface area contributed by atoms with E-state index < -0.39 is 11.6 Å². The molecule has 0 fully saturated rings. The second kappa shape index (κ2) is 4.76. The lowest BCUT2D eigenvalue weighted by atomic mass is 10.2. The van der Waals surface area contributed by atoms with Gasteiger partial charge in [-0.3, -0.25) is 4.68 Å². The molecular weight excluding hydrogens is 236 g/mol. The van der Waals surface area contributed by atoms with Crippen LogP contribution in [0.3, 0.4) is 0 Å². The molecule has 18 heavy (non-hydrogen) atoms. The molecule has 2 rings (SSSR count). The molecule has 0 aliphatic heterocycles. The van der Waals surface area contributed by atoms with E-state index in [0.717, 1.165) is 23.0 Å². The van der Waals surface area contributed by atoms with Gasteiger partial charge in [-0.05, 0) is 26.0 Å². The lowest BCUT2D eigenvalue weighted by Crippen LogP contribution is -2.04. The number of anilines is 1. The SMILES string of the molecule is Cc1nn(C)c(C)c1CNc1cccc(F)c1F. The van der Waals surface area contributed by atoms with Crippen molar-refractivity contribution >= 4 is 5.69 Å². The number of aryl methyl sites for hydroxylation is 2. The minimum Gasteiger partial charge on any atom is -0.378 e. The van der Waals surface area contributed by atoms with Gasteiger partial charge in [0.1, 0.15) is 0 Å². The van der Waals surface area contributed by atoms with E-state index in [1.165, 1.54) is 12.1 Å². The summed E-state index contributed by atoms with van der Waals surface area (Å²) in [5, 5.41) is 7.17. The Labute approximate surface area is 104 Å². The zero-order valence-corrected chi connectivity index (χ0v) is 10.6. The third kappa shape index (κ3) is 2.20. The number of rotatable bonds is 3. The number of nitrogens with zero attached hydrogens (tertiary/aromatic N) is 2. The standard InChI is InChI=1S/C13H15F2N3/c1-8-10(9(2)18(3)17-8)7-16-12-6-4-5-11(14)13(12)15/h4-6,16H,7H2,1-3H3. The summed E-state index contributed by atoms with van der Waals surface area (Å²) in [6.45, 7) is 4.26. The van der Waals surface area contributed by atoms with E-state index >= 15 is 0 Å². The molecule has 0 bridgehead atoms. The van der Waals surface area contributed by atoms with Crippen LogP contribution in [0.4, 0.5) is 14.5 Å². The fourth-order valence-electron chi connectivity index (χ4n) is 1.90. The highest BCUT2D eigenvalue weighted by molar-refractivity contribution is 5.46. The van der Waals surface area contributed by atoms with Crippen molar-refractivity contribution in [1.82, 2.24) is 9.78 Å². The van der Waals surface area contributed by atoms with Crippen LogP contribution >= 0.6 is 0 Å². The zero-order chi connectivity index (χ0) is 13.3. The Morgan fingerprint density at radius 3 is 2.61 bits per heavy atom. The largest absolute Gasteiger partial charge is 0.378 e. The van der Waals surface area contributed by atoms with E-state index in [1.807, 2.05) is 20.9 Å². The topological polar surface area (TPSA) is 29.9 Å². The monoisotopic (exact) mass is 251 g/mol. The second-order valence-corrected chi connectivity index (χ2v) is 4.23. The van der Waals surface area contributed by atoms with E-state index in [0.29, 0.717) is 6.54 Å². The summed E-state index contributed by atoms with van der Waals surface area (Å²) in [4.78, 5) is 0. The van der Waals surface area contributed by atoms with Crippen molar-refractivity contribution in [3.8, 4) is 0 Å². The first kappa shape index (κ1) is 12.5. The first-order valence-electron chi connectivity index (χ1n) is 5.67. The van der Waals surface area contributed by atoms with Crippen LogP contribution in [-0.2, 0) is 13.6 Å². The van der Waals surface area contributed by atoms with Crippen LogP contribution in [0.2, 0.25) is 0 Å². The lowest BCUT2D eigenvalue weighted by molar-refractivity contribution is 0.511. The quantitative estimate of drug-likeness (QED) is 0.909. The molecule has 0 atom stereocenters. The summed E-state index contributed by atoms with van der Waals surface area (Å²) >= 11 is 0. The molecule has 0 unspecified atom stereocenters. The summed E-state index contributed by atoms with van der Waals surface area (Å²) in [6.07, 6.45) is 0. The Hall–Kier alpha value is -1.91. The molecule has 0 aliphatic rings. The molecule has 0 aliphatic carbocycles. The molecule has 3 nitrogen and oxygen atoms in total.